The van der Waals surface area contributed by atoms with Gasteiger partial charge in [0.25, 0.3) is 0 Å². The largest absolute Gasteiger partial charge is 0.497 e. The summed E-state index contributed by atoms with van der Waals surface area (Å²) in [6.45, 7) is 1.79. The van der Waals surface area contributed by atoms with Crippen molar-refractivity contribution in [2.75, 3.05) is 31.8 Å². The topological polar surface area (TPSA) is 66.9 Å². The summed E-state index contributed by atoms with van der Waals surface area (Å²) in [5.74, 6) is 0.373. The molecular weight excluding hydrogens is 292 g/mol. The fraction of sp³-hybridized carbons (Fsp3) is 0.500. The van der Waals surface area contributed by atoms with Crippen LogP contribution in [0, 0.1) is 0 Å². The molecule has 118 valence electrons. The molecule has 1 aromatic carbocycles. The van der Waals surface area contributed by atoms with Crippen LogP contribution >= 0.6 is 0 Å². The van der Waals surface area contributed by atoms with Crippen molar-refractivity contribution in [2.24, 2.45) is 0 Å². The molecule has 6 nitrogen and oxygen atoms in total. The zero-order chi connectivity index (χ0) is 16.2. The van der Waals surface area contributed by atoms with Crippen molar-refractivity contribution in [1.29, 1.82) is 0 Å². The summed E-state index contributed by atoms with van der Waals surface area (Å²) >= 11 is 0. The number of amides is 1. The lowest BCUT2D eigenvalue weighted by molar-refractivity contribution is -0.129. The van der Waals surface area contributed by atoms with E-state index in [-0.39, 0.29) is 5.91 Å². The lowest BCUT2D eigenvalue weighted by atomic mass is 10.2. The standard InChI is InChI=1S/C14H22N2O4S/c1-6-13(14(17)15(2)3)16(21(5,18)19)11-7-9-12(20-4)10-8-11/h7-10,13H,6H2,1-5H3. The van der Waals surface area contributed by atoms with Crippen LogP contribution in [0.15, 0.2) is 24.3 Å². The molecule has 0 radical (unpaired) electrons. The molecule has 0 aliphatic heterocycles. The molecule has 0 fully saturated rings. The molecule has 1 atom stereocenters. The summed E-state index contributed by atoms with van der Waals surface area (Å²) < 4.78 is 30.5. The Morgan fingerprint density at radius 1 is 1.24 bits per heavy atom. The van der Waals surface area contributed by atoms with Crippen LogP contribution in [0.25, 0.3) is 0 Å². The average Bonchev–Trinajstić information content (AvgIpc) is 2.42. The third kappa shape index (κ3) is 4.10. The van der Waals surface area contributed by atoms with Crippen molar-refractivity contribution in [2.45, 2.75) is 19.4 Å². The highest BCUT2D eigenvalue weighted by Crippen LogP contribution is 2.25. The maximum absolute atomic E-state index is 12.3. The molecule has 0 aliphatic rings. The summed E-state index contributed by atoms with van der Waals surface area (Å²) in [7, 11) is 1.17. The van der Waals surface area contributed by atoms with Gasteiger partial charge < -0.3 is 9.64 Å². The second kappa shape index (κ2) is 6.80. The third-order valence-electron chi connectivity index (χ3n) is 3.08. The Bertz CT molecular complexity index is 581. The summed E-state index contributed by atoms with van der Waals surface area (Å²) in [5.41, 5.74) is 0.445. The zero-order valence-corrected chi connectivity index (χ0v) is 13.8. The summed E-state index contributed by atoms with van der Waals surface area (Å²) in [4.78, 5) is 13.7. The highest BCUT2D eigenvalue weighted by molar-refractivity contribution is 7.92. The molecule has 0 aliphatic carbocycles. The van der Waals surface area contributed by atoms with E-state index in [0.29, 0.717) is 17.9 Å². The Labute approximate surface area is 126 Å². The van der Waals surface area contributed by atoms with Gasteiger partial charge in [0.1, 0.15) is 11.8 Å². The molecule has 1 rings (SSSR count). The third-order valence-corrected chi connectivity index (χ3v) is 4.26. The van der Waals surface area contributed by atoms with Crippen LogP contribution in [0.5, 0.6) is 5.75 Å². The number of anilines is 1. The molecule has 21 heavy (non-hydrogen) atoms. The smallest absolute Gasteiger partial charge is 0.245 e. The monoisotopic (exact) mass is 314 g/mol. The van der Waals surface area contributed by atoms with Gasteiger partial charge in [-0.2, -0.15) is 0 Å². The average molecular weight is 314 g/mol. The molecule has 0 bridgehead atoms. The number of ether oxygens (including phenoxy) is 1. The van der Waals surface area contributed by atoms with Gasteiger partial charge in [0.15, 0.2) is 0 Å². The SMILES string of the molecule is CCC(C(=O)N(C)C)N(c1ccc(OC)cc1)S(C)(=O)=O. The van der Waals surface area contributed by atoms with E-state index in [2.05, 4.69) is 0 Å². The second-order valence-electron chi connectivity index (χ2n) is 4.91. The maximum Gasteiger partial charge on any atom is 0.245 e. The molecule has 0 heterocycles. The summed E-state index contributed by atoms with van der Waals surface area (Å²) in [5, 5.41) is 0. The van der Waals surface area contributed by atoms with Crippen LogP contribution in [0.1, 0.15) is 13.3 Å². The number of methoxy groups -OCH3 is 1. The van der Waals surface area contributed by atoms with E-state index in [1.165, 1.54) is 12.0 Å². The van der Waals surface area contributed by atoms with Gasteiger partial charge in [0.05, 0.1) is 19.1 Å². The summed E-state index contributed by atoms with van der Waals surface area (Å²) in [6.07, 6.45) is 1.49. The Morgan fingerprint density at radius 2 is 1.76 bits per heavy atom. The minimum Gasteiger partial charge on any atom is -0.497 e. The lowest BCUT2D eigenvalue weighted by Gasteiger charge is -2.31. The highest BCUT2D eigenvalue weighted by atomic mass is 32.2. The molecule has 0 saturated heterocycles. The van der Waals surface area contributed by atoms with Crippen molar-refractivity contribution in [1.82, 2.24) is 4.90 Å². The number of likely N-dealkylation sites (N-methyl/N-ethyl adjacent to an activating group) is 1. The molecule has 1 aromatic rings. The van der Waals surface area contributed by atoms with Crippen molar-refractivity contribution in [3.63, 3.8) is 0 Å². The van der Waals surface area contributed by atoms with E-state index in [9.17, 15) is 13.2 Å². The number of hydrogen-bond donors (Lipinski definition) is 0. The minimum absolute atomic E-state index is 0.251. The van der Waals surface area contributed by atoms with Gasteiger partial charge >= 0.3 is 0 Å². The normalized spacial score (nSPS) is 12.6. The predicted octanol–water partition coefficient (Wildman–Crippen LogP) is 1.33. The first-order chi connectivity index (χ1) is 9.72. The van der Waals surface area contributed by atoms with Crippen LogP contribution in [-0.4, -0.2) is 52.7 Å². The Morgan fingerprint density at radius 3 is 2.10 bits per heavy atom. The van der Waals surface area contributed by atoms with E-state index in [1.54, 1.807) is 45.3 Å². The van der Waals surface area contributed by atoms with Gasteiger partial charge in [-0.3, -0.25) is 9.10 Å². The van der Waals surface area contributed by atoms with Crippen molar-refractivity contribution in [3.8, 4) is 5.75 Å². The number of carbonyl (C=O) groups is 1. The van der Waals surface area contributed by atoms with Crippen molar-refractivity contribution in [3.05, 3.63) is 24.3 Å². The second-order valence-corrected chi connectivity index (χ2v) is 6.77. The van der Waals surface area contributed by atoms with Gasteiger partial charge in [-0.05, 0) is 30.7 Å². The van der Waals surface area contributed by atoms with Crippen LogP contribution in [0.2, 0.25) is 0 Å². The first-order valence-corrected chi connectivity index (χ1v) is 8.41. The van der Waals surface area contributed by atoms with E-state index >= 15 is 0 Å². The Kier molecular flexibility index (Phi) is 5.60. The number of nitrogens with zero attached hydrogens (tertiary/aromatic N) is 2. The van der Waals surface area contributed by atoms with Crippen LogP contribution in [-0.2, 0) is 14.8 Å². The van der Waals surface area contributed by atoms with E-state index < -0.39 is 16.1 Å². The Hall–Kier alpha value is -1.76. The fourth-order valence-electron chi connectivity index (χ4n) is 2.07. The zero-order valence-electron chi connectivity index (χ0n) is 13.0. The molecule has 0 aromatic heterocycles. The predicted molar refractivity (Wildman–Crippen MR) is 83.1 cm³/mol. The number of rotatable bonds is 6. The number of benzene rings is 1. The highest BCUT2D eigenvalue weighted by Gasteiger charge is 2.32. The number of hydrogen-bond acceptors (Lipinski definition) is 4. The summed E-state index contributed by atoms with van der Waals surface area (Å²) in [6, 6.07) is 5.83. The molecule has 7 heteroatoms. The first-order valence-electron chi connectivity index (χ1n) is 6.57. The van der Waals surface area contributed by atoms with E-state index in [4.69, 9.17) is 4.74 Å². The molecule has 0 spiro atoms. The fourth-order valence-corrected chi connectivity index (χ4v) is 3.28. The maximum atomic E-state index is 12.3. The Balaban J connectivity index is 3.31. The number of sulfonamides is 1. The molecule has 1 amide bonds. The van der Waals surface area contributed by atoms with Gasteiger partial charge in [0.2, 0.25) is 15.9 Å². The van der Waals surface area contributed by atoms with Crippen LogP contribution < -0.4 is 9.04 Å². The quantitative estimate of drug-likeness (QED) is 0.794. The van der Waals surface area contributed by atoms with Crippen molar-refractivity contribution < 1.29 is 17.9 Å². The van der Waals surface area contributed by atoms with Gasteiger partial charge in [-0.1, -0.05) is 6.92 Å². The number of carbonyl (C=O) groups excluding carboxylic acids is 1. The molecular formula is C14H22N2O4S. The van der Waals surface area contributed by atoms with Crippen molar-refractivity contribution >= 4 is 21.6 Å². The lowest BCUT2D eigenvalue weighted by Crippen LogP contribution is -2.48. The minimum atomic E-state index is -3.58. The molecule has 1 unspecified atom stereocenters. The van der Waals surface area contributed by atoms with Crippen LogP contribution in [0.4, 0.5) is 5.69 Å². The van der Waals surface area contributed by atoms with Gasteiger partial charge in [-0.15, -0.1) is 0 Å². The van der Waals surface area contributed by atoms with E-state index in [0.717, 1.165) is 10.6 Å². The molecule has 0 saturated carbocycles. The van der Waals surface area contributed by atoms with Gasteiger partial charge in [0, 0.05) is 14.1 Å². The van der Waals surface area contributed by atoms with E-state index in [1.807, 2.05) is 0 Å². The van der Waals surface area contributed by atoms with Crippen LogP contribution in [0.3, 0.4) is 0 Å². The first kappa shape index (κ1) is 17.3. The molecule has 0 N–H and O–H groups in total. The van der Waals surface area contributed by atoms with Gasteiger partial charge in [-0.25, -0.2) is 8.42 Å².